The van der Waals surface area contributed by atoms with Gasteiger partial charge in [0.25, 0.3) is 5.91 Å². The zero-order valence-electron chi connectivity index (χ0n) is 20.1. The zero-order valence-corrected chi connectivity index (χ0v) is 20.1. The molecule has 0 unspecified atom stereocenters. The first kappa shape index (κ1) is 22.8. The highest BCUT2D eigenvalue weighted by atomic mass is 16.2. The minimum Gasteiger partial charge on any atom is -0.339 e. The van der Waals surface area contributed by atoms with Crippen LogP contribution in [0, 0.1) is 19.8 Å². The van der Waals surface area contributed by atoms with Crippen molar-refractivity contribution in [3.05, 3.63) is 95.6 Å². The smallest absolute Gasteiger partial charge is 0.254 e. The lowest BCUT2D eigenvalue weighted by Crippen LogP contribution is -2.41. The number of fused-ring (bicyclic) bond motifs is 1. The molecule has 5 heteroatoms. The molecule has 1 aromatic heterocycles. The fourth-order valence-corrected chi connectivity index (χ4v) is 4.87. The second kappa shape index (κ2) is 9.71. The summed E-state index contributed by atoms with van der Waals surface area (Å²) in [6, 6.07) is 25.5. The number of carbonyl (C=O) groups excluding carboxylic acids is 2. The van der Waals surface area contributed by atoms with Gasteiger partial charge in [-0.25, -0.2) is 4.98 Å². The van der Waals surface area contributed by atoms with Gasteiger partial charge in [-0.05, 0) is 56.5 Å². The number of aryl methyl sites for hydroxylation is 2. The third-order valence-corrected chi connectivity index (χ3v) is 6.80. The van der Waals surface area contributed by atoms with Crippen LogP contribution in [0.25, 0.3) is 22.2 Å². The maximum Gasteiger partial charge on any atom is 0.254 e. The normalized spacial score (nSPS) is 14.2. The number of nitrogens with zero attached hydrogens (tertiary/aromatic N) is 2. The summed E-state index contributed by atoms with van der Waals surface area (Å²) in [5.41, 5.74) is 6.45. The van der Waals surface area contributed by atoms with Crippen molar-refractivity contribution in [1.29, 1.82) is 0 Å². The first-order valence-corrected chi connectivity index (χ1v) is 12.1. The topological polar surface area (TPSA) is 62.3 Å². The van der Waals surface area contributed by atoms with Gasteiger partial charge in [-0.2, -0.15) is 0 Å². The van der Waals surface area contributed by atoms with Crippen molar-refractivity contribution in [3.8, 4) is 11.3 Å². The van der Waals surface area contributed by atoms with Gasteiger partial charge in [0.1, 0.15) is 0 Å². The highest BCUT2D eigenvalue weighted by Gasteiger charge is 2.29. The number of carbonyl (C=O) groups is 2. The van der Waals surface area contributed by atoms with Crippen molar-refractivity contribution >= 4 is 28.4 Å². The van der Waals surface area contributed by atoms with Crippen molar-refractivity contribution in [3.63, 3.8) is 0 Å². The van der Waals surface area contributed by atoms with E-state index in [9.17, 15) is 9.59 Å². The van der Waals surface area contributed by atoms with E-state index < -0.39 is 0 Å². The number of nitrogens with one attached hydrogen (secondary N) is 1. The van der Waals surface area contributed by atoms with Gasteiger partial charge in [-0.1, -0.05) is 60.2 Å². The number of rotatable bonds is 4. The SMILES string of the molecule is Cc1ccc(-c2cc(C(=O)N3CCC(C(=O)Nc4ccccc4)CC3)c3ccccc3n2)c(C)c1. The maximum atomic E-state index is 13.7. The summed E-state index contributed by atoms with van der Waals surface area (Å²) in [5, 5.41) is 3.85. The number of benzene rings is 3. The van der Waals surface area contributed by atoms with Crippen molar-refractivity contribution in [2.24, 2.45) is 5.92 Å². The number of anilines is 1. The summed E-state index contributed by atoms with van der Waals surface area (Å²) in [6.45, 7) is 5.26. The molecule has 0 bridgehead atoms. The van der Waals surface area contributed by atoms with Gasteiger partial charge in [0, 0.05) is 35.6 Å². The van der Waals surface area contributed by atoms with E-state index in [2.05, 4.69) is 37.4 Å². The standard InChI is InChI=1S/C30H29N3O2/c1-20-12-13-24(21(2)18-20)28-19-26(25-10-6-7-11-27(25)32-28)30(35)33-16-14-22(15-17-33)29(34)31-23-8-4-3-5-9-23/h3-13,18-19,22H,14-17H2,1-2H3,(H,31,34). The van der Waals surface area contributed by atoms with Crippen molar-refractivity contribution < 1.29 is 9.59 Å². The van der Waals surface area contributed by atoms with Crippen LogP contribution in [0.2, 0.25) is 0 Å². The minimum absolute atomic E-state index is 0.00321. The van der Waals surface area contributed by atoms with E-state index >= 15 is 0 Å². The number of hydrogen-bond acceptors (Lipinski definition) is 3. The van der Waals surface area contributed by atoms with Crippen molar-refractivity contribution in [2.75, 3.05) is 18.4 Å². The molecular weight excluding hydrogens is 434 g/mol. The van der Waals surface area contributed by atoms with Crippen LogP contribution >= 0.6 is 0 Å². The molecule has 0 spiro atoms. The van der Waals surface area contributed by atoms with E-state index in [0.717, 1.165) is 33.4 Å². The fraction of sp³-hybridized carbons (Fsp3) is 0.233. The van der Waals surface area contributed by atoms with Gasteiger partial charge in [0.2, 0.25) is 5.91 Å². The summed E-state index contributed by atoms with van der Waals surface area (Å²) < 4.78 is 0. The molecule has 1 saturated heterocycles. The molecule has 0 atom stereocenters. The second-order valence-corrected chi connectivity index (χ2v) is 9.31. The number of piperidine rings is 1. The molecule has 5 rings (SSSR count). The molecule has 0 saturated carbocycles. The second-order valence-electron chi connectivity index (χ2n) is 9.31. The van der Waals surface area contributed by atoms with Crippen LogP contribution in [0.3, 0.4) is 0 Å². The molecule has 176 valence electrons. The maximum absolute atomic E-state index is 13.7. The van der Waals surface area contributed by atoms with E-state index in [-0.39, 0.29) is 17.7 Å². The monoisotopic (exact) mass is 463 g/mol. The molecule has 1 aliphatic rings. The fourth-order valence-electron chi connectivity index (χ4n) is 4.87. The first-order valence-electron chi connectivity index (χ1n) is 12.1. The van der Waals surface area contributed by atoms with Gasteiger partial charge in [-0.15, -0.1) is 0 Å². The van der Waals surface area contributed by atoms with Crippen molar-refractivity contribution in [1.82, 2.24) is 9.88 Å². The lowest BCUT2D eigenvalue weighted by molar-refractivity contribution is -0.121. The average Bonchev–Trinajstić information content (AvgIpc) is 2.88. The van der Waals surface area contributed by atoms with E-state index in [4.69, 9.17) is 4.98 Å². The van der Waals surface area contributed by atoms with E-state index in [1.165, 1.54) is 5.56 Å². The molecule has 2 heterocycles. The van der Waals surface area contributed by atoms with Crippen LogP contribution in [0.1, 0.15) is 34.3 Å². The molecule has 2 amide bonds. The summed E-state index contributed by atoms with van der Waals surface area (Å²) in [5.74, 6) is -0.0782. The Balaban J connectivity index is 1.37. The highest BCUT2D eigenvalue weighted by Crippen LogP contribution is 2.29. The molecule has 3 aromatic carbocycles. The average molecular weight is 464 g/mol. The third kappa shape index (κ3) is 4.80. The summed E-state index contributed by atoms with van der Waals surface area (Å²) in [7, 11) is 0. The molecular formula is C30H29N3O2. The predicted octanol–water partition coefficient (Wildman–Crippen LogP) is 6.01. The Labute approximate surface area is 205 Å². The van der Waals surface area contributed by atoms with Crippen LogP contribution in [0.4, 0.5) is 5.69 Å². The first-order chi connectivity index (χ1) is 17.0. The lowest BCUT2D eigenvalue weighted by Gasteiger charge is -2.31. The van der Waals surface area contributed by atoms with Gasteiger partial charge < -0.3 is 10.2 Å². The highest BCUT2D eigenvalue weighted by molar-refractivity contribution is 6.07. The molecule has 1 aliphatic heterocycles. The predicted molar refractivity (Wildman–Crippen MR) is 140 cm³/mol. The Morgan fingerprint density at radius 3 is 2.34 bits per heavy atom. The molecule has 35 heavy (non-hydrogen) atoms. The molecule has 4 aromatic rings. The summed E-state index contributed by atoms with van der Waals surface area (Å²) in [4.78, 5) is 33.2. The van der Waals surface area contributed by atoms with Gasteiger partial charge in [-0.3, -0.25) is 9.59 Å². The largest absolute Gasteiger partial charge is 0.339 e. The van der Waals surface area contributed by atoms with Crippen LogP contribution < -0.4 is 5.32 Å². The van der Waals surface area contributed by atoms with Crippen LogP contribution in [0.5, 0.6) is 0 Å². The number of hydrogen-bond donors (Lipinski definition) is 1. The Hall–Kier alpha value is -3.99. The zero-order chi connectivity index (χ0) is 24.4. The number of aromatic nitrogens is 1. The summed E-state index contributed by atoms with van der Waals surface area (Å²) >= 11 is 0. The number of para-hydroxylation sites is 2. The summed E-state index contributed by atoms with van der Waals surface area (Å²) in [6.07, 6.45) is 1.30. The van der Waals surface area contributed by atoms with E-state index in [1.54, 1.807) is 0 Å². The van der Waals surface area contributed by atoms with E-state index in [0.29, 0.717) is 31.5 Å². The Bertz CT molecular complexity index is 1390. The lowest BCUT2D eigenvalue weighted by atomic mass is 9.94. The Morgan fingerprint density at radius 1 is 0.886 bits per heavy atom. The van der Waals surface area contributed by atoms with Gasteiger partial charge in [0.05, 0.1) is 16.8 Å². The Morgan fingerprint density at radius 2 is 1.60 bits per heavy atom. The van der Waals surface area contributed by atoms with E-state index in [1.807, 2.05) is 65.6 Å². The van der Waals surface area contributed by atoms with Crippen LogP contribution in [0.15, 0.2) is 78.9 Å². The van der Waals surface area contributed by atoms with Crippen molar-refractivity contribution in [2.45, 2.75) is 26.7 Å². The third-order valence-electron chi connectivity index (χ3n) is 6.80. The minimum atomic E-state index is -0.0980. The molecule has 0 aliphatic carbocycles. The molecule has 1 fully saturated rings. The molecule has 5 nitrogen and oxygen atoms in total. The Kier molecular flexibility index (Phi) is 6.32. The number of amides is 2. The number of likely N-dealkylation sites (tertiary alicyclic amines) is 1. The van der Waals surface area contributed by atoms with Crippen LogP contribution in [-0.4, -0.2) is 34.8 Å². The van der Waals surface area contributed by atoms with Crippen LogP contribution in [-0.2, 0) is 4.79 Å². The quantitative estimate of drug-likeness (QED) is 0.403. The van der Waals surface area contributed by atoms with Gasteiger partial charge >= 0.3 is 0 Å². The molecule has 0 radical (unpaired) electrons. The van der Waals surface area contributed by atoms with Gasteiger partial charge in [0.15, 0.2) is 0 Å². The number of pyridine rings is 1. The molecule has 1 N–H and O–H groups in total.